The summed E-state index contributed by atoms with van der Waals surface area (Å²) >= 11 is 1.26. The first kappa shape index (κ1) is 28.8. The van der Waals surface area contributed by atoms with E-state index in [1.54, 1.807) is 4.68 Å². The van der Waals surface area contributed by atoms with Crippen LogP contribution in [0.1, 0.15) is 48.4 Å². The maximum atomic E-state index is 15.2. The maximum Gasteiger partial charge on any atom is 0.240 e. The van der Waals surface area contributed by atoms with Crippen LogP contribution in [0, 0.1) is 18.6 Å². The van der Waals surface area contributed by atoms with Gasteiger partial charge in [-0.25, -0.2) is 13.5 Å². The van der Waals surface area contributed by atoms with Crippen molar-refractivity contribution in [2.24, 2.45) is 0 Å². The van der Waals surface area contributed by atoms with Crippen molar-refractivity contribution >= 4 is 29.4 Å². The summed E-state index contributed by atoms with van der Waals surface area (Å²) < 4.78 is 30.8. The molecule has 208 valence electrons. The number of likely N-dealkylation sites (N-methyl/N-ethyl adjacent to an activating group) is 1. The van der Waals surface area contributed by atoms with E-state index in [-0.39, 0.29) is 29.7 Å². The molecule has 0 bridgehead atoms. The number of fused-ring (bicyclic) bond motifs is 1. The Balaban J connectivity index is 1.95. The van der Waals surface area contributed by atoms with E-state index in [1.165, 1.54) is 28.8 Å². The number of carbonyl (C=O) groups is 2. The molecule has 0 aliphatic carbocycles. The average Bonchev–Trinajstić information content (AvgIpc) is 3.18. The number of hydrogen-bond donors (Lipinski definition) is 1. The molecule has 1 N–H and O–H groups in total. The second-order valence-electron chi connectivity index (χ2n) is 11.1. The zero-order chi connectivity index (χ0) is 28.5. The standard InChI is InChI=1S/C29H35F2N5O2S/c1-18-8-7-9-20(14-18)36-28-25(27(33-36)29(2,3)4)26(21-11-10-19(30)15-22(21)31)39-17-24(38)35(28)16-23(37)32-12-13-34(5)6/h7-11,14-15,26H,12-13,16-17H2,1-6H3,(H,32,37). The third-order valence-corrected chi connectivity index (χ3v) is 7.71. The molecule has 0 saturated carbocycles. The molecule has 1 aliphatic heterocycles. The van der Waals surface area contributed by atoms with Crippen LogP contribution in [0.5, 0.6) is 0 Å². The number of aromatic nitrogens is 2. The van der Waals surface area contributed by atoms with Crippen LogP contribution in [0.15, 0.2) is 42.5 Å². The number of benzene rings is 2. The molecular formula is C29H35F2N5O2S. The van der Waals surface area contributed by atoms with Gasteiger partial charge < -0.3 is 10.2 Å². The van der Waals surface area contributed by atoms with Crippen molar-refractivity contribution in [3.63, 3.8) is 0 Å². The highest BCUT2D eigenvalue weighted by molar-refractivity contribution is 8.00. The molecule has 10 heteroatoms. The summed E-state index contributed by atoms with van der Waals surface area (Å²) in [4.78, 5) is 30.1. The van der Waals surface area contributed by atoms with Crippen molar-refractivity contribution in [1.29, 1.82) is 0 Å². The Morgan fingerprint density at radius 3 is 2.56 bits per heavy atom. The molecule has 1 aromatic heterocycles. The molecule has 1 unspecified atom stereocenters. The van der Waals surface area contributed by atoms with Crippen LogP contribution in [0.3, 0.4) is 0 Å². The van der Waals surface area contributed by atoms with E-state index >= 15 is 4.39 Å². The fourth-order valence-corrected chi connectivity index (χ4v) is 5.81. The highest BCUT2D eigenvalue weighted by Gasteiger charge is 2.40. The summed E-state index contributed by atoms with van der Waals surface area (Å²) in [6.45, 7) is 8.85. The van der Waals surface area contributed by atoms with Crippen molar-refractivity contribution in [3.05, 3.63) is 76.5 Å². The number of nitrogens with zero attached hydrogens (tertiary/aromatic N) is 4. The molecule has 1 aliphatic rings. The predicted molar refractivity (Wildman–Crippen MR) is 152 cm³/mol. The fraction of sp³-hybridized carbons (Fsp3) is 0.414. The molecule has 0 fully saturated rings. The zero-order valence-corrected chi connectivity index (χ0v) is 24.0. The number of nitrogens with one attached hydrogen (secondary N) is 1. The van der Waals surface area contributed by atoms with Gasteiger partial charge in [-0.2, -0.15) is 5.10 Å². The monoisotopic (exact) mass is 555 g/mol. The van der Waals surface area contributed by atoms with E-state index in [1.807, 2.05) is 71.0 Å². The number of anilines is 1. The van der Waals surface area contributed by atoms with Crippen LogP contribution < -0.4 is 10.2 Å². The van der Waals surface area contributed by atoms with Gasteiger partial charge in [0.05, 0.1) is 22.4 Å². The first-order chi connectivity index (χ1) is 18.4. The second kappa shape index (κ2) is 11.5. The van der Waals surface area contributed by atoms with Gasteiger partial charge in [-0.3, -0.25) is 14.5 Å². The predicted octanol–water partition coefficient (Wildman–Crippen LogP) is 4.60. The molecule has 1 atom stereocenters. The Bertz CT molecular complexity index is 1380. The lowest BCUT2D eigenvalue weighted by Crippen LogP contribution is -2.43. The summed E-state index contributed by atoms with van der Waals surface area (Å²) in [7, 11) is 3.83. The van der Waals surface area contributed by atoms with Crippen molar-refractivity contribution in [3.8, 4) is 5.69 Å². The van der Waals surface area contributed by atoms with Gasteiger partial charge in [-0.15, -0.1) is 11.8 Å². The zero-order valence-electron chi connectivity index (χ0n) is 23.2. The van der Waals surface area contributed by atoms with Crippen LogP contribution in [-0.4, -0.2) is 66.0 Å². The van der Waals surface area contributed by atoms with Gasteiger partial charge in [0.15, 0.2) is 0 Å². The van der Waals surface area contributed by atoms with Crippen molar-refractivity contribution in [1.82, 2.24) is 20.0 Å². The summed E-state index contributed by atoms with van der Waals surface area (Å²) in [6.07, 6.45) is 0. The van der Waals surface area contributed by atoms with Crippen LogP contribution in [0.2, 0.25) is 0 Å². The highest BCUT2D eigenvalue weighted by Crippen LogP contribution is 2.49. The van der Waals surface area contributed by atoms with Crippen LogP contribution >= 0.6 is 11.8 Å². The Labute approximate surface area is 232 Å². The topological polar surface area (TPSA) is 70.5 Å². The quantitative estimate of drug-likeness (QED) is 0.462. The number of hydrogen-bond acceptors (Lipinski definition) is 5. The first-order valence-electron chi connectivity index (χ1n) is 12.9. The Hall–Kier alpha value is -3.24. The van der Waals surface area contributed by atoms with E-state index < -0.39 is 22.3 Å². The van der Waals surface area contributed by atoms with E-state index in [0.29, 0.717) is 30.2 Å². The molecule has 2 heterocycles. The number of thioether (sulfide) groups is 1. The van der Waals surface area contributed by atoms with E-state index in [9.17, 15) is 14.0 Å². The highest BCUT2D eigenvalue weighted by atomic mass is 32.2. The van der Waals surface area contributed by atoms with Gasteiger partial charge in [0.25, 0.3) is 0 Å². The maximum absolute atomic E-state index is 15.2. The number of amides is 2. The van der Waals surface area contributed by atoms with Crippen molar-refractivity contribution in [2.75, 3.05) is 44.4 Å². The molecule has 2 amide bonds. The molecule has 4 rings (SSSR count). The fourth-order valence-electron chi connectivity index (χ4n) is 4.59. The second-order valence-corrected chi connectivity index (χ2v) is 12.2. The lowest BCUT2D eigenvalue weighted by Gasteiger charge is -2.25. The third-order valence-electron chi connectivity index (χ3n) is 6.47. The molecule has 39 heavy (non-hydrogen) atoms. The van der Waals surface area contributed by atoms with Gasteiger partial charge >= 0.3 is 0 Å². The van der Waals surface area contributed by atoms with E-state index in [2.05, 4.69) is 5.32 Å². The molecule has 7 nitrogen and oxygen atoms in total. The molecule has 0 spiro atoms. The molecule has 3 aromatic rings. The normalized spacial score (nSPS) is 15.9. The lowest BCUT2D eigenvalue weighted by atomic mass is 9.87. The Morgan fingerprint density at radius 1 is 1.18 bits per heavy atom. The summed E-state index contributed by atoms with van der Waals surface area (Å²) in [5.41, 5.74) is 2.82. The van der Waals surface area contributed by atoms with Crippen LogP contribution in [0.25, 0.3) is 5.69 Å². The molecular weight excluding hydrogens is 520 g/mol. The van der Waals surface area contributed by atoms with Gasteiger partial charge in [0.2, 0.25) is 11.8 Å². The van der Waals surface area contributed by atoms with Gasteiger partial charge in [-0.1, -0.05) is 39.0 Å². The average molecular weight is 556 g/mol. The van der Waals surface area contributed by atoms with Gasteiger partial charge in [0.1, 0.15) is 24.0 Å². The molecule has 0 saturated heterocycles. The smallest absolute Gasteiger partial charge is 0.240 e. The van der Waals surface area contributed by atoms with Gasteiger partial charge in [0, 0.05) is 35.7 Å². The SMILES string of the molecule is Cc1cccc(-n2nc(C(C)(C)C)c3c2N(CC(=O)NCCN(C)C)C(=O)CSC3c2ccc(F)cc2F)c1. The number of carbonyl (C=O) groups excluding carboxylic acids is 2. The summed E-state index contributed by atoms with van der Waals surface area (Å²) in [6, 6.07) is 11.2. The van der Waals surface area contributed by atoms with Gasteiger partial charge in [-0.05, 0) is 44.8 Å². The largest absolute Gasteiger partial charge is 0.353 e. The molecule has 0 radical (unpaired) electrons. The molecule has 2 aromatic carbocycles. The lowest BCUT2D eigenvalue weighted by molar-refractivity contribution is -0.122. The minimum absolute atomic E-state index is 0.0124. The summed E-state index contributed by atoms with van der Waals surface area (Å²) in [5.74, 6) is -1.52. The minimum Gasteiger partial charge on any atom is -0.353 e. The Morgan fingerprint density at radius 2 is 1.92 bits per heavy atom. The minimum atomic E-state index is -0.691. The number of aryl methyl sites for hydroxylation is 1. The first-order valence-corrected chi connectivity index (χ1v) is 13.9. The van der Waals surface area contributed by atoms with Crippen molar-refractivity contribution < 1.29 is 18.4 Å². The van der Waals surface area contributed by atoms with Crippen LogP contribution in [0.4, 0.5) is 14.6 Å². The van der Waals surface area contributed by atoms with Crippen molar-refractivity contribution in [2.45, 2.75) is 38.4 Å². The van der Waals surface area contributed by atoms with Crippen LogP contribution in [-0.2, 0) is 15.0 Å². The third kappa shape index (κ3) is 6.33. The van der Waals surface area contributed by atoms with E-state index in [4.69, 9.17) is 5.10 Å². The van der Waals surface area contributed by atoms with E-state index in [0.717, 1.165) is 17.3 Å². The summed E-state index contributed by atoms with van der Waals surface area (Å²) in [5, 5.41) is 7.24. The Kier molecular flexibility index (Phi) is 8.46. The number of rotatable bonds is 7. The number of halogens is 2.